The van der Waals surface area contributed by atoms with Crippen LogP contribution in [0.15, 0.2) is 0 Å². The second-order valence-electron chi connectivity index (χ2n) is 5.20. The lowest BCUT2D eigenvalue weighted by Crippen LogP contribution is -2.40. The molecular formula is C14H27N3S. The number of nitrogens with one attached hydrogen (secondary N) is 1. The molecule has 1 rings (SSSR count). The predicted molar refractivity (Wildman–Crippen MR) is 80.1 cm³/mol. The molecular weight excluding hydrogens is 242 g/mol. The van der Waals surface area contributed by atoms with Crippen LogP contribution in [0.3, 0.4) is 0 Å². The molecule has 1 aromatic heterocycles. The Morgan fingerprint density at radius 2 is 1.94 bits per heavy atom. The van der Waals surface area contributed by atoms with E-state index in [0.717, 1.165) is 36.6 Å². The minimum absolute atomic E-state index is 0.238. The summed E-state index contributed by atoms with van der Waals surface area (Å²) in [6, 6.07) is 0.361. The molecule has 0 saturated carbocycles. The van der Waals surface area contributed by atoms with Gasteiger partial charge in [0.15, 0.2) is 0 Å². The quantitative estimate of drug-likeness (QED) is 0.799. The summed E-state index contributed by atoms with van der Waals surface area (Å²) in [5, 5.41) is 4.78. The van der Waals surface area contributed by atoms with Crippen molar-refractivity contribution in [3.05, 3.63) is 15.6 Å². The monoisotopic (exact) mass is 269 g/mol. The topological polar surface area (TPSA) is 50.9 Å². The lowest BCUT2D eigenvalue weighted by molar-refractivity contribution is 0.250. The molecule has 0 spiro atoms. The van der Waals surface area contributed by atoms with Crippen molar-refractivity contribution in [1.29, 1.82) is 0 Å². The van der Waals surface area contributed by atoms with Gasteiger partial charge in [-0.1, -0.05) is 13.8 Å². The third-order valence-corrected chi connectivity index (χ3v) is 5.30. The summed E-state index contributed by atoms with van der Waals surface area (Å²) in [4.78, 5) is 5.84. The first kappa shape index (κ1) is 15.6. The minimum atomic E-state index is 0.238. The third-order valence-electron chi connectivity index (χ3n) is 4.05. The van der Waals surface area contributed by atoms with Gasteiger partial charge in [-0.15, -0.1) is 11.3 Å². The molecule has 3 N–H and O–H groups in total. The first-order chi connectivity index (χ1) is 8.48. The Kier molecular flexibility index (Phi) is 5.76. The Bertz CT molecular complexity index is 361. The smallest absolute Gasteiger partial charge is 0.0900 e. The van der Waals surface area contributed by atoms with Gasteiger partial charge in [0.25, 0.3) is 0 Å². The van der Waals surface area contributed by atoms with Crippen molar-refractivity contribution >= 4 is 11.3 Å². The summed E-state index contributed by atoms with van der Waals surface area (Å²) in [5.41, 5.74) is 7.33. The molecule has 0 aliphatic heterocycles. The van der Waals surface area contributed by atoms with E-state index in [9.17, 15) is 0 Å². The van der Waals surface area contributed by atoms with Crippen molar-refractivity contribution in [2.75, 3.05) is 13.1 Å². The Morgan fingerprint density at radius 3 is 2.33 bits per heavy atom. The van der Waals surface area contributed by atoms with Crippen LogP contribution < -0.4 is 11.1 Å². The molecule has 0 aliphatic rings. The molecule has 0 fully saturated rings. The fourth-order valence-electron chi connectivity index (χ4n) is 2.27. The normalized spacial score (nSPS) is 13.9. The average molecular weight is 269 g/mol. The van der Waals surface area contributed by atoms with Crippen molar-refractivity contribution in [2.24, 2.45) is 11.1 Å². The van der Waals surface area contributed by atoms with Crippen LogP contribution in [0.2, 0.25) is 0 Å². The number of hydrogen-bond acceptors (Lipinski definition) is 4. The average Bonchev–Trinajstić information content (AvgIpc) is 2.70. The van der Waals surface area contributed by atoms with Gasteiger partial charge in [-0.25, -0.2) is 4.98 Å². The zero-order chi connectivity index (χ0) is 13.8. The van der Waals surface area contributed by atoms with Gasteiger partial charge in [0, 0.05) is 17.5 Å². The highest BCUT2D eigenvalue weighted by atomic mass is 32.1. The maximum Gasteiger partial charge on any atom is 0.0900 e. The van der Waals surface area contributed by atoms with Gasteiger partial charge in [0.2, 0.25) is 0 Å². The van der Waals surface area contributed by atoms with Crippen molar-refractivity contribution in [2.45, 2.75) is 53.5 Å². The molecule has 0 aliphatic carbocycles. The van der Waals surface area contributed by atoms with Gasteiger partial charge in [-0.05, 0) is 45.6 Å². The third kappa shape index (κ3) is 3.53. The lowest BCUT2D eigenvalue weighted by atomic mass is 9.82. The number of nitrogens with two attached hydrogens (primary N) is 1. The second kappa shape index (κ2) is 6.64. The number of aryl methyl sites for hydroxylation is 2. The molecule has 3 nitrogen and oxygen atoms in total. The van der Waals surface area contributed by atoms with Crippen molar-refractivity contribution in [1.82, 2.24) is 10.3 Å². The first-order valence-corrected chi connectivity index (χ1v) is 7.67. The number of hydrogen-bond donors (Lipinski definition) is 2. The highest BCUT2D eigenvalue weighted by molar-refractivity contribution is 7.11. The maximum absolute atomic E-state index is 5.94. The molecule has 1 aromatic rings. The molecule has 1 unspecified atom stereocenters. The summed E-state index contributed by atoms with van der Waals surface area (Å²) in [6.45, 7) is 12.6. The van der Waals surface area contributed by atoms with Gasteiger partial charge in [0.1, 0.15) is 0 Å². The van der Waals surface area contributed by atoms with E-state index in [1.165, 1.54) is 4.88 Å². The number of rotatable bonds is 7. The van der Waals surface area contributed by atoms with Crippen LogP contribution in [-0.4, -0.2) is 18.1 Å². The van der Waals surface area contributed by atoms with Crippen LogP contribution in [0.5, 0.6) is 0 Å². The van der Waals surface area contributed by atoms with E-state index in [2.05, 4.69) is 44.9 Å². The van der Waals surface area contributed by atoms with Gasteiger partial charge in [0.05, 0.1) is 10.7 Å². The Hall–Kier alpha value is -0.450. The van der Waals surface area contributed by atoms with E-state index in [0.29, 0.717) is 6.04 Å². The number of nitrogens with zero attached hydrogens (tertiary/aromatic N) is 1. The SMILES string of the molecule is CCC(CC)(CN)CNC(C)c1sc(C)nc1C. The zero-order valence-corrected chi connectivity index (χ0v) is 13.2. The molecule has 0 saturated heterocycles. The summed E-state index contributed by atoms with van der Waals surface area (Å²) in [7, 11) is 0. The predicted octanol–water partition coefficient (Wildman–Crippen LogP) is 3.18. The molecule has 18 heavy (non-hydrogen) atoms. The van der Waals surface area contributed by atoms with Gasteiger partial charge >= 0.3 is 0 Å². The fourth-order valence-corrected chi connectivity index (χ4v) is 3.23. The largest absolute Gasteiger partial charge is 0.330 e. The Balaban J connectivity index is 2.65. The fraction of sp³-hybridized carbons (Fsp3) is 0.786. The van der Waals surface area contributed by atoms with Gasteiger partial charge in [-0.2, -0.15) is 0 Å². The molecule has 0 amide bonds. The van der Waals surface area contributed by atoms with E-state index in [4.69, 9.17) is 5.73 Å². The van der Waals surface area contributed by atoms with Crippen LogP contribution >= 0.6 is 11.3 Å². The van der Waals surface area contributed by atoms with E-state index < -0.39 is 0 Å². The molecule has 1 atom stereocenters. The molecule has 0 bridgehead atoms. The van der Waals surface area contributed by atoms with E-state index in [-0.39, 0.29) is 5.41 Å². The Labute approximate surface area is 115 Å². The molecule has 0 aromatic carbocycles. The second-order valence-corrected chi connectivity index (χ2v) is 6.43. The summed E-state index contributed by atoms with van der Waals surface area (Å²) in [6.07, 6.45) is 2.25. The van der Waals surface area contributed by atoms with Gasteiger partial charge in [-0.3, -0.25) is 0 Å². The number of thiazole rings is 1. The van der Waals surface area contributed by atoms with Crippen molar-refractivity contribution < 1.29 is 0 Å². The van der Waals surface area contributed by atoms with Crippen molar-refractivity contribution in [3.8, 4) is 0 Å². The van der Waals surface area contributed by atoms with Crippen LogP contribution in [0, 0.1) is 19.3 Å². The maximum atomic E-state index is 5.94. The summed E-state index contributed by atoms with van der Waals surface area (Å²) in [5.74, 6) is 0. The Morgan fingerprint density at radius 1 is 1.33 bits per heavy atom. The molecule has 104 valence electrons. The van der Waals surface area contributed by atoms with Crippen LogP contribution in [0.25, 0.3) is 0 Å². The molecule has 1 heterocycles. The van der Waals surface area contributed by atoms with Gasteiger partial charge < -0.3 is 11.1 Å². The van der Waals surface area contributed by atoms with Crippen molar-refractivity contribution in [3.63, 3.8) is 0 Å². The minimum Gasteiger partial charge on any atom is -0.330 e. The molecule has 4 heteroatoms. The van der Waals surface area contributed by atoms with E-state index in [1.807, 2.05) is 0 Å². The number of aromatic nitrogens is 1. The molecule has 0 radical (unpaired) electrons. The standard InChI is InChI=1S/C14H27N3S/c1-6-14(7-2,8-15)9-16-10(3)13-11(4)17-12(5)18-13/h10,16H,6-9,15H2,1-5H3. The summed E-state index contributed by atoms with van der Waals surface area (Å²) >= 11 is 1.79. The zero-order valence-electron chi connectivity index (χ0n) is 12.3. The summed E-state index contributed by atoms with van der Waals surface area (Å²) < 4.78 is 0. The highest BCUT2D eigenvalue weighted by Gasteiger charge is 2.25. The van der Waals surface area contributed by atoms with Crippen LogP contribution in [0.4, 0.5) is 0 Å². The first-order valence-electron chi connectivity index (χ1n) is 6.85. The van der Waals surface area contributed by atoms with Crippen LogP contribution in [-0.2, 0) is 0 Å². The lowest BCUT2D eigenvalue weighted by Gasteiger charge is -2.31. The van der Waals surface area contributed by atoms with Crippen LogP contribution in [0.1, 0.15) is 55.2 Å². The van der Waals surface area contributed by atoms with E-state index in [1.54, 1.807) is 11.3 Å². The highest BCUT2D eigenvalue weighted by Crippen LogP contribution is 2.28. The van der Waals surface area contributed by atoms with E-state index >= 15 is 0 Å².